The average Bonchev–Trinajstić information content (AvgIpc) is 2.51. The number of ether oxygens (including phenoxy) is 3. The van der Waals surface area contributed by atoms with Gasteiger partial charge in [-0.3, -0.25) is 4.55 Å². The molecule has 0 fully saturated rings. The highest BCUT2D eigenvalue weighted by molar-refractivity contribution is 7.85. The molecule has 0 heterocycles. The number of hydrogen-bond donors (Lipinski definition) is 1. The highest BCUT2D eigenvalue weighted by Gasteiger charge is 2.39. The molecule has 6 nitrogen and oxygen atoms in total. The van der Waals surface area contributed by atoms with Gasteiger partial charge in [0.2, 0.25) is 0 Å². The molecule has 0 saturated carbocycles. The summed E-state index contributed by atoms with van der Waals surface area (Å²) in [5.74, 6) is -1.51. The van der Waals surface area contributed by atoms with Crippen molar-refractivity contribution < 1.29 is 27.2 Å². The van der Waals surface area contributed by atoms with Crippen LogP contribution in [-0.2, 0) is 24.3 Å². The van der Waals surface area contributed by atoms with Crippen molar-refractivity contribution in [3.8, 4) is 0 Å². The van der Waals surface area contributed by atoms with Crippen LogP contribution in [0.15, 0.2) is 0 Å². The molecule has 0 radical (unpaired) electrons. The predicted octanol–water partition coefficient (Wildman–Crippen LogP) is 3.61. The minimum Gasteiger partial charge on any atom is -0.331 e. The van der Waals surface area contributed by atoms with Crippen LogP contribution in [0.4, 0.5) is 0 Å². The molecule has 23 heavy (non-hydrogen) atoms. The third-order valence-corrected chi connectivity index (χ3v) is 5.02. The summed E-state index contributed by atoms with van der Waals surface area (Å²) in [5, 5.41) is 0. The Hall–Kier alpha value is -0.210. The predicted molar refractivity (Wildman–Crippen MR) is 90.9 cm³/mol. The van der Waals surface area contributed by atoms with Crippen LogP contribution in [0.25, 0.3) is 0 Å². The van der Waals surface area contributed by atoms with Crippen molar-refractivity contribution in [2.75, 3.05) is 27.1 Å². The van der Waals surface area contributed by atoms with E-state index in [9.17, 15) is 8.42 Å². The quantitative estimate of drug-likeness (QED) is 0.275. The molecule has 0 bridgehead atoms. The van der Waals surface area contributed by atoms with Crippen LogP contribution in [-0.4, -0.2) is 46.0 Å². The van der Waals surface area contributed by atoms with E-state index < -0.39 is 16.1 Å². The SMILES string of the molecule is CCCCCCCCC(CCCS(=O)(=O)O)C(OC)(OC)OC. The molecular weight excluding hydrogens is 320 g/mol. The zero-order valence-corrected chi connectivity index (χ0v) is 15.9. The van der Waals surface area contributed by atoms with Gasteiger partial charge in [0.25, 0.3) is 16.1 Å². The summed E-state index contributed by atoms with van der Waals surface area (Å²) in [5.41, 5.74) is 0. The first-order chi connectivity index (χ1) is 10.8. The molecule has 0 aromatic carbocycles. The maximum absolute atomic E-state index is 10.9. The number of rotatable bonds is 15. The van der Waals surface area contributed by atoms with E-state index >= 15 is 0 Å². The first kappa shape index (κ1) is 22.8. The fourth-order valence-corrected chi connectivity index (χ4v) is 3.46. The Balaban J connectivity index is 4.54. The Kier molecular flexibility index (Phi) is 12.1. The normalized spacial score (nSPS) is 14.1. The van der Waals surface area contributed by atoms with Crippen LogP contribution in [0.5, 0.6) is 0 Å². The highest BCUT2D eigenvalue weighted by Crippen LogP contribution is 2.32. The number of methoxy groups -OCH3 is 3. The van der Waals surface area contributed by atoms with Crippen LogP contribution >= 0.6 is 0 Å². The van der Waals surface area contributed by atoms with Crippen molar-refractivity contribution in [3.63, 3.8) is 0 Å². The number of unbranched alkanes of at least 4 members (excludes halogenated alkanes) is 5. The molecule has 1 unspecified atom stereocenters. The molecule has 1 atom stereocenters. The van der Waals surface area contributed by atoms with Gasteiger partial charge in [0.05, 0.1) is 5.75 Å². The molecule has 0 aromatic rings. The lowest BCUT2D eigenvalue weighted by Crippen LogP contribution is -2.44. The lowest BCUT2D eigenvalue weighted by molar-refractivity contribution is -0.380. The van der Waals surface area contributed by atoms with Gasteiger partial charge in [-0.2, -0.15) is 8.42 Å². The molecule has 0 aliphatic rings. The van der Waals surface area contributed by atoms with Crippen molar-refractivity contribution in [3.05, 3.63) is 0 Å². The van der Waals surface area contributed by atoms with Crippen molar-refractivity contribution in [2.24, 2.45) is 5.92 Å². The van der Waals surface area contributed by atoms with Gasteiger partial charge in [-0.05, 0) is 19.3 Å². The molecule has 0 aliphatic carbocycles. The van der Waals surface area contributed by atoms with Gasteiger partial charge >= 0.3 is 0 Å². The first-order valence-electron chi connectivity index (χ1n) is 8.45. The summed E-state index contributed by atoms with van der Waals surface area (Å²) in [6.07, 6.45) is 8.78. The van der Waals surface area contributed by atoms with E-state index in [1.807, 2.05) is 0 Å². The molecule has 0 rings (SSSR count). The van der Waals surface area contributed by atoms with Gasteiger partial charge in [0, 0.05) is 27.2 Å². The molecule has 0 spiro atoms. The maximum Gasteiger partial charge on any atom is 0.285 e. The van der Waals surface area contributed by atoms with Gasteiger partial charge in [0.1, 0.15) is 0 Å². The summed E-state index contributed by atoms with van der Waals surface area (Å²) >= 11 is 0. The molecule has 0 aromatic heterocycles. The minimum absolute atomic E-state index is 0.0876. The first-order valence-corrected chi connectivity index (χ1v) is 10.1. The van der Waals surface area contributed by atoms with Crippen LogP contribution in [0, 0.1) is 5.92 Å². The Morgan fingerprint density at radius 1 is 0.870 bits per heavy atom. The molecule has 140 valence electrons. The van der Waals surface area contributed by atoms with Crippen LogP contribution in [0.1, 0.15) is 64.7 Å². The molecule has 0 saturated heterocycles. The van der Waals surface area contributed by atoms with Gasteiger partial charge in [0.15, 0.2) is 0 Å². The second kappa shape index (κ2) is 12.2. The zero-order valence-electron chi connectivity index (χ0n) is 15.0. The Bertz CT molecular complexity index is 370. The highest BCUT2D eigenvalue weighted by atomic mass is 32.2. The lowest BCUT2D eigenvalue weighted by Gasteiger charge is -2.36. The molecule has 0 aliphatic heterocycles. The lowest BCUT2D eigenvalue weighted by atomic mass is 9.93. The van der Waals surface area contributed by atoms with Gasteiger partial charge in [-0.1, -0.05) is 45.4 Å². The van der Waals surface area contributed by atoms with Crippen LogP contribution < -0.4 is 0 Å². The van der Waals surface area contributed by atoms with Crippen molar-refractivity contribution in [1.82, 2.24) is 0 Å². The van der Waals surface area contributed by atoms with Crippen molar-refractivity contribution in [2.45, 2.75) is 70.7 Å². The van der Waals surface area contributed by atoms with E-state index in [0.29, 0.717) is 12.8 Å². The third kappa shape index (κ3) is 9.62. The summed E-state index contributed by atoms with van der Waals surface area (Å²) in [6.45, 7) is 2.19. The summed E-state index contributed by atoms with van der Waals surface area (Å²) in [7, 11) is 0.610. The molecule has 7 heteroatoms. The monoisotopic (exact) mass is 354 g/mol. The molecule has 1 N–H and O–H groups in total. The van der Waals surface area contributed by atoms with E-state index in [0.717, 1.165) is 19.3 Å². The Morgan fingerprint density at radius 2 is 1.35 bits per heavy atom. The molecular formula is C16H34O6S. The Morgan fingerprint density at radius 3 is 1.83 bits per heavy atom. The largest absolute Gasteiger partial charge is 0.331 e. The fourth-order valence-electron chi connectivity index (χ4n) is 2.93. The van der Waals surface area contributed by atoms with E-state index in [-0.39, 0.29) is 11.7 Å². The van der Waals surface area contributed by atoms with Crippen molar-refractivity contribution in [1.29, 1.82) is 0 Å². The third-order valence-electron chi connectivity index (χ3n) is 4.21. The summed E-state index contributed by atoms with van der Waals surface area (Å²) in [4.78, 5) is 0. The van der Waals surface area contributed by atoms with E-state index in [2.05, 4.69) is 6.92 Å². The van der Waals surface area contributed by atoms with E-state index in [1.165, 1.54) is 47.0 Å². The smallest absolute Gasteiger partial charge is 0.285 e. The summed E-state index contributed by atoms with van der Waals surface area (Å²) < 4.78 is 46.9. The second-order valence-electron chi connectivity index (χ2n) is 5.90. The van der Waals surface area contributed by atoms with E-state index in [4.69, 9.17) is 18.8 Å². The van der Waals surface area contributed by atoms with Gasteiger partial charge in [-0.25, -0.2) is 0 Å². The number of hydrogen-bond acceptors (Lipinski definition) is 5. The maximum atomic E-state index is 10.9. The topological polar surface area (TPSA) is 82.1 Å². The Labute approximate surface area is 141 Å². The summed E-state index contributed by atoms with van der Waals surface area (Å²) in [6, 6.07) is 0. The van der Waals surface area contributed by atoms with Gasteiger partial charge in [-0.15, -0.1) is 0 Å². The van der Waals surface area contributed by atoms with Crippen LogP contribution in [0.3, 0.4) is 0 Å². The standard InChI is InChI=1S/C16H34O6S/c1-5-6-7-8-9-10-12-15(13-11-14-23(17,18)19)16(20-2,21-3)22-4/h15H,5-14H2,1-4H3,(H,17,18,19). The molecule has 0 amide bonds. The van der Waals surface area contributed by atoms with Crippen LogP contribution in [0.2, 0.25) is 0 Å². The zero-order chi connectivity index (χ0) is 17.8. The fraction of sp³-hybridized carbons (Fsp3) is 1.00. The average molecular weight is 355 g/mol. The second-order valence-corrected chi connectivity index (χ2v) is 7.47. The van der Waals surface area contributed by atoms with Gasteiger partial charge < -0.3 is 14.2 Å². The minimum atomic E-state index is -3.94. The van der Waals surface area contributed by atoms with Crippen molar-refractivity contribution >= 4 is 10.1 Å². The van der Waals surface area contributed by atoms with E-state index in [1.54, 1.807) is 0 Å².